The minimum atomic E-state index is 0. The van der Waals surface area contributed by atoms with Gasteiger partial charge in [-0.15, -0.1) is 108 Å². The molecule has 0 aliphatic heterocycles. The molecule has 0 saturated heterocycles. The third-order valence-corrected chi connectivity index (χ3v) is 14.4. The molecule has 0 bridgehead atoms. The Bertz CT molecular complexity index is 2740. The van der Waals surface area contributed by atoms with Gasteiger partial charge >= 0.3 is 20.1 Å². The molecule has 9 aromatic rings. The van der Waals surface area contributed by atoms with Crippen LogP contribution in [-0.2, 0) is 20.1 Å². The Morgan fingerprint density at radius 3 is 0.701 bits per heavy atom. The molecule has 0 unspecified atom stereocenters. The van der Waals surface area contributed by atoms with Gasteiger partial charge in [-0.1, -0.05) is 0 Å². The molecule has 6 aromatic carbocycles. The first-order chi connectivity index (χ1) is 31.6. The summed E-state index contributed by atoms with van der Waals surface area (Å²) < 4.78 is 6.57. The molecule has 0 saturated carbocycles. The molecule has 0 spiro atoms. The van der Waals surface area contributed by atoms with Crippen molar-refractivity contribution in [2.45, 2.75) is 104 Å². The standard InChI is InChI=1S/3C20H21N2.Ir/c3*1-13-14(2)16(4)19(17(5)15(13)3)22-12-11-21-20(22)18-9-7-6-8-10-18;/h3*6-9,11-12H,1-5H3;/q3*-1;+3. The molecule has 0 aliphatic rings. The largest absolute Gasteiger partial charge is 3.00 e. The van der Waals surface area contributed by atoms with E-state index in [-0.39, 0.29) is 20.1 Å². The van der Waals surface area contributed by atoms with E-state index in [1.54, 1.807) is 0 Å². The van der Waals surface area contributed by atoms with Crippen LogP contribution in [0.2, 0.25) is 0 Å². The first-order valence-corrected chi connectivity index (χ1v) is 22.8. The summed E-state index contributed by atoms with van der Waals surface area (Å²) in [6, 6.07) is 33.8. The number of benzene rings is 6. The SMILES string of the molecule is Cc1c(C)c(C)c(-n2ccnc2-c2[c-]cccc2)c(C)c1C.Cc1c(C)c(C)c(-n2ccnc2-c2[c-]cccc2)c(C)c1C.Cc1c(C)c(C)c(-n2ccnc2-c2[c-]cccc2)c(C)c1C.[Ir+3]. The maximum Gasteiger partial charge on any atom is 3.00 e. The molecule has 9 rings (SSSR count). The number of aromatic nitrogens is 6. The number of rotatable bonds is 6. The first kappa shape index (κ1) is 50.0. The monoisotopic (exact) mass is 1060 g/mol. The van der Waals surface area contributed by atoms with Crippen LogP contribution in [-0.4, -0.2) is 28.7 Å². The van der Waals surface area contributed by atoms with Gasteiger partial charge in [0.25, 0.3) is 0 Å². The summed E-state index contributed by atoms with van der Waals surface area (Å²) in [7, 11) is 0. The van der Waals surface area contributed by atoms with Crippen LogP contribution in [0.5, 0.6) is 0 Å². The van der Waals surface area contributed by atoms with Gasteiger partial charge in [-0.25, -0.2) is 0 Å². The summed E-state index contributed by atoms with van der Waals surface area (Å²) in [4.78, 5) is 13.7. The summed E-state index contributed by atoms with van der Waals surface area (Å²) in [5, 5.41) is 0. The molecule has 3 heterocycles. The topological polar surface area (TPSA) is 53.5 Å². The average molecular weight is 1060 g/mol. The van der Waals surface area contributed by atoms with Gasteiger partial charge < -0.3 is 13.7 Å². The Labute approximate surface area is 413 Å². The molecule has 67 heavy (non-hydrogen) atoms. The van der Waals surface area contributed by atoms with E-state index in [2.05, 4.69) is 169 Å². The molecule has 0 amide bonds. The van der Waals surface area contributed by atoms with Gasteiger partial charge in [0.05, 0.1) is 17.5 Å². The van der Waals surface area contributed by atoms with E-state index in [0.29, 0.717) is 0 Å². The first-order valence-electron chi connectivity index (χ1n) is 22.8. The van der Waals surface area contributed by atoms with E-state index < -0.39 is 0 Å². The van der Waals surface area contributed by atoms with Crippen molar-refractivity contribution in [1.29, 1.82) is 0 Å². The minimum Gasteiger partial charge on any atom is -0.340 e. The van der Waals surface area contributed by atoms with Crippen molar-refractivity contribution in [1.82, 2.24) is 28.7 Å². The van der Waals surface area contributed by atoms with Crippen molar-refractivity contribution in [3.63, 3.8) is 0 Å². The van der Waals surface area contributed by atoms with Crippen LogP contribution in [0.1, 0.15) is 83.5 Å². The van der Waals surface area contributed by atoms with E-state index in [9.17, 15) is 0 Å². The van der Waals surface area contributed by atoms with Gasteiger partial charge in [0, 0.05) is 54.2 Å². The molecule has 0 aliphatic carbocycles. The zero-order valence-corrected chi connectivity index (χ0v) is 44.3. The molecule has 0 atom stereocenters. The van der Waals surface area contributed by atoms with E-state index >= 15 is 0 Å². The Balaban J connectivity index is 0.000000165. The maximum atomic E-state index is 4.56. The molecule has 0 fully saturated rings. The Morgan fingerprint density at radius 2 is 0.507 bits per heavy atom. The Hall–Kier alpha value is -6.40. The van der Waals surface area contributed by atoms with Crippen LogP contribution >= 0.6 is 0 Å². The predicted octanol–water partition coefficient (Wildman–Crippen LogP) is 14.6. The number of hydrogen-bond acceptors (Lipinski definition) is 3. The zero-order valence-electron chi connectivity index (χ0n) is 41.9. The van der Waals surface area contributed by atoms with E-state index in [4.69, 9.17) is 0 Å². The van der Waals surface area contributed by atoms with Gasteiger partial charge in [-0.3, -0.25) is 15.0 Å². The van der Waals surface area contributed by atoms with Gasteiger partial charge in [-0.2, -0.15) is 0 Å². The summed E-state index contributed by atoms with van der Waals surface area (Å²) in [6.07, 6.45) is 11.7. The molecular weight excluding hydrogens is 997 g/mol. The van der Waals surface area contributed by atoms with Gasteiger partial charge in [0.1, 0.15) is 0 Å². The number of hydrogen-bond donors (Lipinski definition) is 0. The van der Waals surface area contributed by atoms with E-state index in [1.807, 2.05) is 91.8 Å². The molecule has 7 heteroatoms. The summed E-state index contributed by atoms with van der Waals surface area (Å²) in [5.41, 5.74) is 26.9. The van der Waals surface area contributed by atoms with Crippen molar-refractivity contribution in [3.05, 3.63) is 212 Å². The second kappa shape index (κ2) is 21.1. The zero-order chi connectivity index (χ0) is 47.6. The fraction of sp³-hybridized carbons (Fsp3) is 0.250. The molecule has 3 aromatic heterocycles. The predicted molar refractivity (Wildman–Crippen MR) is 275 cm³/mol. The second-order valence-corrected chi connectivity index (χ2v) is 17.6. The Morgan fingerprint density at radius 1 is 0.299 bits per heavy atom. The molecule has 0 N–H and O–H groups in total. The molecular formula is C60H63IrN6. The third-order valence-electron chi connectivity index (χ3n) is 14.4. The molecule has 342 valence electrons. The van der Waals surface area contributed by atoms with Gasteiger partial charge in [0.15, 0.2) is 0 Å². The smallest absolute Gasteiger partial charge is 0.340 e. The molecule has 0 radical (unpaired) electrons. The number of imidazole rings is 3. The average Bonchev–Trinajstić information content (AvgIpc) is 4.15. The summed E-state index contributed by atoms with van der Waals surface area (Å²) in [6.45, 7) is 33.0. The van der Waals surface area contributed by atoms with Crippen LogP contribution < -0.4 is 0 Å². The van der Waals surface area contributed by atoms with Crippen molar-refractivity contribution >= 4 is 0 Å². The van der Waals surface area contributed by atoms with Crippen molar-refractivity contribution in [2.24, 2.45) is 0 Å². The van der Waals surface area contributed by atoms with Gasteiger partial charge in [-0.05, 0) is 187 Å². The minimum absolute atomic E-state index is 0. The summed E-state index contributed by atoms with van der Waals surface area (Å²) in [5.74, 6) is 2.82. The van der Waals surface area contributed by atoms with E-state index in [0.717, 1.165) is 34.2 Å². The Kier molecular flexibility index (Phi) is 15.7. The molecule has 6 nitrogen and oxygen atoms in total. The van der Waals surface area contributed by atoms with Crippen LogP contribution in [0, 0.1) is 122 Å². The third kappa shape index (κ3) is 9.59. The fourth-order valence-corrected chi connectivity index (χ4v) is 9.17. The maximum absolute atomic E-state index is 4.56. The van der Waals surface area contributed by atoms with Crippen LogP contribution in [0.4, 0.5) is 0 Å². The second-order valence-electron chi connectivity index (χ2n) is 17.6. The fourth-order valence-electron chi connectivity index (χ4n) is 9.17. The normalized spacial score (nSPS) is 10.8. The van der Waals surface area contributed by atoms with Crippen LogP contribution in [0.15, 0.2) is 110 Å². The summed E-state index contributed by atoms with van der Waals surface area (Å²) >= 11 is 0. The quantitative estimate of drug-likeness (QED) is 0.156. The van der Waals surface area contributed by atoms with Crippen LogP contribution in [0.3, 0.4) is 0 Å². The van der Waals surface area contributed by atoms with Crippen LogP contribution in [0.25, 0.3) is 51.2 Å². The van der Waals surface area contributed by atoms with Crippen molar-refractivity contribution in [3.8, 4) is 51.2 Å². The number of nitrogens with zero attached hydrogens (tertiary/aromatic N) is 6. The van der Waals surface area contributed by atoms with Gasteiger partial charge in [0.2, 0.25) is 0 Å². The van der Waals surface area contributed by atoms with E-state index in [1.165, 1.54) is 101 Å². The van der Waals surface area contributed by atoms with Crippen molar-refractivity contribution in [2.75, 3.05) is 0 Å². The van der Waals surface area contributed by atoms with Crippen molar-refractivity contribution < 1.29 is 20.1 Å².